The summed E-state index contributed by atoms with van der Waals surface area (Å²) in [5.41, 5.74) is 2.31. The Kier molecular flexibility index (Phi) is 4.45. The number of anilines is 1. The van der Waals surface area contributed by atoms with Gasteiger partial charge in [0.15, 0.2) is 0 Å². The lowest BCUT2D eigenvalue weighted by Gasteiger charge is -2.23. The SMILES string of the molecule is CCN(C(=O)c1ccc(Br)cc1)c1cc(O)ccc1C. The number of nitrogens with zero attached hydrogens (tertiary/aromatic N) is 1. The van der Waals surface area contributed by atoms with E-state index in [0.717, 1.165) is 15.7 Å². The zero-order valence-electron chi connectivity index (χ0n) is 11.4. The van der Waals surface area contributed by atoms with E-state index in [-0.39, 0.29) is 11.7 Å². The molecule has 0 unspecified atom stereocenters. The predicted molar refractivity (Wildman–Crippen MR) is 84.3 cm³/mol. The van der Waals surface area contributed by atoms with Crippen molar-refractivity contribution < 1.29 is 9.90 Å². The number of carbonyl (C=O) groups excluding carboxylic acids is 1. The van der Waals surface area contributed by atoms with Crippen LogP contribution in [0.3, 0.4) is 0 Å². The largest absolute Gasteiger partial charge is 0.508 e. The summed E-state index contributed by atoms with van der Waals surface area (Å²) in [4.78, 5) is 14.2. The van der Waals surface area contributed by atoms with Crippen molar-refractivity contribution in [3.8, 4) is 5.75 Å². The van der Waals surface area contributed by atoms with Gasteiger partial charge in [-0.25, -0.2) is 0 Å². The molecule has 0 bridgehead atoms. The maximum atomic E-state index is 12.6. The fourth-order valence-corrected chi connectivity index (χ4v) is 2.32. The number of aromatic hydroxyl groups is 1. The third kappa shape index (κ3) is 3.02. The van der Waals surface area contributed by atoms with E-state index in [1.807, 2.05) is 32.0 Å². The Morgan fingerprint density at radius 2 is 1.85 bits per heavy atom. The summed E-state index contributed by atoms with van der Waals surface area (Å²) in [7, 11) is 0. The van der Waals surface area contributed by atoms with Crippen LogP contribution in [0.25, 0.3) is 0 Å². The summed E-state index contributed by atoms with van der Waals surface area (Å²) >= 11 is 3.36. The molecule has 0 fully saturated rings. The van der Waals surface area contributed by atoms with E-state index in [0.29, 0.717) is 12.1 Å². The predicted octanol–water partition coefficient (Wildman–Crippen LogP) is 4.13. The van der Waals surface area contributed by atoms with Gasteiger partial charge < -0.3 is 10.0 Å². The average molecular weight is 334 g/mol. The molecular weight excluding hydrogens is 318 g/mol. The monoisotopic (exact) mass is 333 g/mol. The molecule has 0 aliphatic carbocycles. The van der Waals surface area contributed by atoms with Gasteiger partial charge in [0.2, 0.25) is 0 Å². The van der Waals surface area contributed by atoms with Crippen molar-refractivity contribution in [2.75, 3.05) is 11.4 Å². The van der Waals surface area contributed by atoms with E-state index in [1.54, 1.807) is 29.2 Å². The second kappa shape index (κ2) is 6.09. The van der Waals surface area contributed by atoms with Crippen LogP contribution in [-0.2, 0) is 0 Å². The number of benzene rings is 2. The molecule has 2 rings (SSSR count). The molecule has 4 heteroatoms. The number of aryl methyl sites for hydroxylation is 1. The summed E-state index contributed by atoms with van der Waals surface area (Å²) < 4.78 is 0.936. The highest BCUT2D eigenvalue weighted by atomic mass is 79.9. The molecule has 0 aliphatic heterocycles. The Morgan fingerprint density at radius 3 is 2.45 bits per heavy atom. The first-order valence-corrected chi connectivity index (χ1v) is 7.19. The van der Waals surface area contributed by atoms with Crippen LogP contribution in [0.2, 0.25) is 0 Å². The topological polar surface area (TPSA) is 40.5 Å². The highest BCUT2D eigenvalue weighted by Crippen LogP contribution is 2.26. The molecule has 0 aromatic heterocycles. The average Bonchev–Trinajstić information content (AvgIpc) is 2.44. The zero-order chi connectivity index (χ0) is 14.7. The highest BCUT2D eigenvalue weighted by molar-refractivity contribution is 9.10. The van der Waals surface area contributed by atoms with Crippen molar-refractivity contribution in [1.82, 2.24) is 0 Å². The van der Waals surface area contributed by atoms with Gasteiger partial charge >= 0.3 is 0 Å². The third-order valence-electron chi connectivity index (χ3n) is 3.14. The fraction of sp³-hybridized carbons (Fsp3) is 0.188. The fourth-order valence-electron chi connectivity index (χ4n) is 2.06. The molecule has 1 amide bonds. The van der Waals surface area contributed by atoms with Crippen LogP contribution in [0.15, 0.2) is 46.9 Å². The summed E-state index contributed by atoms with van der Waals surface area (Å²) in [5, 5.41) is 9.63. The van der Waals surface area contributed by atoms with Crippen molar-refractivity contribution in [2.24, 2.45) is 0 Å². The number of phenols is 1. The van der Waals surface area contributed by atoms with Gasteiger partial charge in [-0.05, 0) is 49.7 Å². The van der Waals surface area contributed by atoms with Crippen molar-refractivity contribution in [3.05, 3.63) is 58.1 Å². The summed E-state index contributed by atoms with van der Waals surface area (Å²) in [5.74, 6) is 0.0846. The van der Waals surface area contributed by atoms with Crippen LogP contribution in [-0.4, -0.2) is 17.6 Å². The second-order valence-corrected chi connectivity index (χ2v) is 5.44. The van der Waals surface area contributed by atoms with Crippen LogP contribution in [0.4, 0.5) is 5.69 Å². The number of carbonyl (C=O) groups is 1. The number of rotatable bonds is 3. The number of hydrogen-bond donors (Lipinski definition) is 1. The lowest BCUT2D eigenvalue weighted by molar-refractivity contribution is 0.0988. The van der Waals surface area contributed by atoms with E-state index in [9.17, 15) is 9.90 Å². The molecule has 0 saturated carbocycles. The van der Waals surface area contributed by atoms with Gasteiger partial charge in [0.1, 0.15) is 5.75 Å². The molecule has 0 aliphatic rings. The number of halogens is 1. The van der Waals surface area contributed by atoms with E-state index in [1.165, 1.54) is 0 Å². The standard InChI is InChI=1S/C16H16BrNO2/c1-3-18(15-10-14(19)9-4-11(15)2)16(20)12-5-7-13(17)8-6-12/h4-10,19H,3H2,1-2H3. The van der Waals surface area contributed by atoms with Crippen LogP contribution < -0.4 is 4.90 Å². The maximum absolute atomic E-state index is 12.6. The van der Waals surface area contributed by atoms with Crippen LogP contribution >= 0.6 is 15.9 Å². The Bertz CT molecular complexity index is 623. The lowest BCUT2D eigenvalue weighted by Crippen LogP contribution is -2.31. The maximum Gasteiger partial charge on any atom is 0.258 e. The number of amides is 1. The van der Waals surface area contributed by atoms with Gasteiger partial charge in [-0.2, -0.15) is 0 Å². The van der Waals surface area contributed by atoms with Crippen LogP contribution in [0.1, 0.15) is 22.8 Å². The smallest absolute Gasteiger partial charge is 0.258 e. The zero-order valence-corrected chi connectivity index (χ0v) is 13.0. The molecule has 0 atom stereocenters. The van der Waals surface area contributed by atoms with Gasteiger partial charge in [0.25, 0.3) is 5.91 Å². The van der Waals surface area contributed by atoms with Gasteiger partial charge in [-0.15, -0.1) is 0 Å². The molecular formula is C16H16BrNO2. The number of phenolic OH excluding ortho intramolecular Hbond substituents is 1. The summed E-state index contributed by atoms with van der Waals surface area (Å²) in [6.45, 7) is 4.38. The molecule has 0 radical (unpaired) electrons. The third-order valence-corrected chi connectivity index (χ3v) is 3.66. The molecule has 2 aromatic rings. The van der Waals surface area contributed by atoms with E-state index in [4.69, 9.17) is 0 Å². The molecule has 104 valence electrons. The minimum atomic E-state index is -0.0753. The van der Waals surface area contributed by atoms with Crippen molar-refractivity contribution in [2.45, 2.75) is 13.8 Å². The Morgan fingerprint density at radius 1 is 1.20 bits per heavy atom. The first kappa shape index (κ1) is 14.6. The Labute approximate surface area is 127 Å². The van der Waals surface area contributed by atoms with Gasteiger partial charge in [-0.1, -0.05) is 22.0 Å². The second-order valence-electron chi connectivity index (χ2n) is 4.53. The van der Waals surface area contributed by atoms with Gasteiger partial charge in [0, 0.05) is 22.6 Å². The summed E-state index contributed by atoms with van der Waals surface area (Å²) in [6.07, 6.45) is 0. The Hall–Kier alpha value is -1.81. The molecule has 20 heavy (non-hydrogen) atoms. The molecule has 0 saturated heterocycles. The molecule has 0 heterocycles. The quantitative estimate of drug-likeness (QED) is 0.917. The van der Waals surface area contributed by atoms with E-state index >= 15 is 0 Å². The van der Waals surface area contributed by atoms with Crippen LogP contribution in [0.5, 0.6) is 5.75 Å². The van der Waals surface area contributed by atoms with Gasteiger partial charge in [-0.3, -0.25) is 4.79 Å². The highest BCUT2D eigenvalue weighted by Gasteiger charge is 2.18. The van der Waals surface area contributed by atoms with Crippen molar-refractivity contribution in [1.29, 1.82) is 0 Å². The molecule has 3 nitrogen and oxygen atoms in total. The molecule has 0 spiro atoms. The Balaban J connectivity index is 2.39. The van der Waals surface area contributed by atoms with Crippen molar-refractivity contribution in [3.63, 3.8) is 0 Å². The minimum absolute atomic E-state index is 0.0753. The molecule has 2 aromatic carbocycles. The first-order chi connectivity index (χ1) is 9.52. The van der Waals surface area contributed by atoms with Crippen molar-refractivity contribution >= 4 is 27.5 Å². The lowest BCUT2D eigenvalue weighted by atomic mass is 10.1. The first-order valence-electron chi connectivity index (χ1n) is 6.40. The summed E-state index contributed by atoms with van der Waals surface area (Å²) in [6, 6.07) is 12.3. The van der Waals surface area contributed by atoms with Crippen LogP contribution in [0, 0.1) is 6.92 Å². The van der Waals surface area contributed by atoms with Gasteiger partial charge in [0.05, 0.1) is 5.69 Å². The minimum Gasteiger partial charge on any atom is -0.508 e. The molecule has 1 N–H and O–H groups in total. The normalized spacial score (nSPS) is 10.3. The van der Waals surface area contributed by atoms with E-state index in [2.05, 4.69) is 15.9 Å². The number of hydrogen-bond acceptors (Lipinski definition) is 2. The van der Waals surface area contributed by atoms with E-state index < -0.39 is 0 Å².